The molecule has 3 N–H and O–H groups in total. The Morgan fingerprint density at radius 3 is 2.84 bits per heavy atom. The average molecular weight is 407 g/mol. The topological polar surface area (TPSA) is 112 Å². The third kappa shape index (κ3) is 3.43. The first-order valence-electron chi connectivity index (χ1n) is 7.06. The van der Waals surface area contributed by atoms with Gasteiger partial charge in [-0.1, -0.05) is 6.07 Å². The predicted molar refractivity (Wildman–Crippen MR) is 93.9 cm³/mol. The molecule has 10 heteroatoms. The molecule has 0 atom stereocenters. The highest BCUT2D eigenvalue weighted by molar-refractivity contribution is 9.10. The predicted octanol–water partition coefficient (Wildman–Crippen LogP) is 3.27. The van der Waals surface area contributed by atoms with Crippen LogP contribution in [0.25, 0.3) is 5.82 Å². The third-order valence-corrected chi connectivity index (χ3v) is 4.30. The van der Waals surface area contributed by atoms with Gasteiger partial charge in [-0.15, -0.1) is 0 Å². The molecule has 0 aliphatic rings. The van der Waals surface area contributed by atoms with Crippen molar-refractivity contribution >= 4 is 33.0 Å². The lowest BCUT2D eigenvalue weighted by atomic mass is 10.2. The second-order valence-corrected chi connectivity index (χ2v) is 5.88. The van der Waals surface area contributed by atoms with Crippen molar-refractivity contribution in [2.75, 3.05) is 11.1 Å². The van der Waals surface area contributed by atoms with Crippen LogP contribution in [0.4, 0.5) is 21.5 Å². The number of halogens is 2. The van der Waals surface area contributed by atoms with Gasteiger partial charge in [-0.3, -0.25) is 14.7 Å². The van der Waals surface area contributed by atoms with Gasteiger partial charge in [0, 0.05) is 25.1 Å². The van der Waals surface area contributed by atoms with Crippen LogP contribution < -0.4 is 11.1 Å². The normalized spacial score (nSPS) is 10.6. The van der Waals surface area contributed by atoms with Crippen LogP contribution in [0.3, 0.4) is 0 Å². The molecule has 128 valence electrons. The van der Waals surface area contributed by atoms with Gasteiger partial charge in [0.2, 0.25) is 0 Å². The van der Waals surface area contributed by atoms with Crippen molar-refractivity contribution in [3.05, 3.63) is 69.1 Å². The quantitative estimate of drug-likeness (QED) is 0.382. The summed E-state index contributed by atoms with van der Waals surface area (Å²) in [5.41, 5.74) is 5.91. The minimum atomic E-state index is -0.768. The highest BCUT2D eigenvalue weighted by atomic mass is 79.9. The van der Waals surface area contributed by atoms with E-state index < -0.39 is 16.4 Å². The smallest absolute Gasteiger partial charge is 0.296 e. The maximum atomic E-state index is 14.1. The van der Waals surface area contributed by atoms with Crippen molar-refractivity contribution in [1.82, 2.24) is 14.5 Å². The minimum absolute atomic E-state index is 0.0572. The molecule has 0 amide bonds. The number of pyridine rings is 1. The van der Waals surface area contributed by atoms with Gasteiger partial charge in [0.25, 0.3) is 5.69 Å². The third-order valence-electron chi connectivity index (χ3n) is 3.48. The summed E-state index contributed by atoms with van der Waals surface area (Å²) in [6.07, 6.45) is 6.69. The number of aromatic nitrogens is 3. The van der Waals surface area contributed by atoms with Gasteiger partial charge in [-0.25, -0.2) is 14.4 Å². The van der Waals surface area contributed by atoms with E-state index in [2.05, 4.69) is 31.2 Å². The number of imidazole rings is 1. The molecule has 0 radical (unpaired) electrons. The van der Waals surface area contributed by atoms with Crippen LogP contribution in [0.1, 0.15) is 5.56 Å². The van der Waals surface area contributed by atoms with Gasteiger partial charge < -0.3 is 11.1 Å². The number of hydrogen-bond donors (Lipinski definition) is 2. The zero-order chi connectivity index (χ0) is 18.0. The number of nitrogens with two attached hydrogens (primary N) is 1. The van der Waals surface area contributed by atoms with Crippen molar-refractivity contribution in [3.63, 3.8) is 0 Å². The van der Waals surface area contributed by atoms with Gasteiger partial charge >= 0.3 is 0 Å². The number of hydrogen-bond acceptors (Lipinski definition) is 6. The number of nitrogens with one attached hydrogen (secondary N) is 1. The summed E-state index contributed by atoms with van der Waals surface area (Å²) in [5, 5.41) is 13.7. The van der Waals surface area contributed by atoms with Crippen LogP contribution >= 0.6 is 15.9 Å². The number of nitro benzene ring substituents is 1. The molecule has 0 aliphatic heterocycles. The average Bonchev–Trinajstić information content (AvgIpc) is 3.13. The van der Waals surface area contributed by atoms with Gasteiger partial charge in [-0.2, -0.15) is 0 Å². The van der Waals surface area contributed by atoms with E-state index >= 15 is 0 Å². The molecule has 8 nitrogen and oxygen atoms in total. The van der Waals surface area contributed by atoms with Crippen LogP contribution in [-0.4, -0.2) is 19.5 Å². The van der Waals surface area contributed by atoms with E-state index in [4.69, 9.17) is 5.73 Å². The molecule has 2 aromatic heterocycles. The fourth-order valence-corrected chi connectivity index (χ4v) is 2.73. The van der Waals surface area contributed by atoms with Crippen LogP contribution in [0.15, 0.2) is 47.6 Å². The summed E-state index contributed by atoms with van der Waals surface area (Å²) >= 11 is 3.10. The Balaban J connectivity index is 1.78. The van der Waals surface area contributed by atoms with Crippen LogP contribution in [0, 0.1) is 15.9 Å². The lowest BCUT2D eigenvalue weighted by Crippen LogP contribution is -2.06. The molecule has 0 aliphatic carbocycles. The minimum Gasteiger partial charge on any atom is -0.392 e. The van der Waals surface area contributed by atoms with E-state index in [0.29, 0.717) is 5.82 Å². The molecule has 3 rings (SSSR count). The summed E-state index contributed by atoms with van der Waals surface area (Å²) < 4.78 is 16.0. The van der Waals surface area contributed by atoms with E-state index in [1.165, 1.54) is 0 Å². The van der Waals surface area contributed by atoms with Crippen molar-refractivity contribution in [2.45, 2.75) is 6.54 Å². The SMILES string of the molecule is Nc1c([N+](=O)[O-])cc(F)c(NCc2ccc(-n3ccnc3)nc2)c1Br. The number of nitrogens with zero attached hydrogens (tertiary/aromatic N) is 4. The summed E-state index contributed by atoms with van der Waals surface area (Å²) in [5.74, 6) is -0.0658. The van der Waals surface area contributed by atoms with E-state index in [-0.39, 0.29) is 22.4 Å². The van der Waals surface area contributed by atoms with Crippen LogP contribution in [0.2, 0.25) is 0 Å². The molecular weight excluding hydrogens is 395 g/mol. The van der Waals surface area contributed by atoms with Crippen LogP contribution in [0.5, 0.6) is 0 Å². The van der Waals surface area contributed by atoms with E-state index in [0.717, 1.165) is 11.6 Å². The summed E-state index contributed by atoms with van der Waals surface area (Å²) in [7, 11) is 0. The molecule has 0 bridgehead atoms. The Kier molecular flexibility index (Phi) is 4.61. The second kappa shape index (κ2) is 6.85. The first-order chi connectivity index (χ1) is 12.0. The molecule has 0 saturated carbocycles. The van der Waals surface area contributed by atoms with Crippen molar-refractivity contribution in [2.24, 2.45) is 0 Å². The molecular formula is C15H12BrFN6O2. The van der Waals surface area contributed by atoms with Gasteiger partial charge in [0.1, 0.15) is 17.8 Å². The molecule has 1 aromatic carbocycles. The largest absolute Gasteiger partial charge is 0.392 e. The summed E-state index contributed by atoms with van der Waals surface area (Å²) in [6, 6.07) is 4.42. The fourth-order valence-electron chi connectivity index (χ4n) is 2.19. The lowest BCUT2D eigenvalue weighted by Gasteiger charge is -2.12. The molecule has 2 heterocycles. The van der Waals surface area contributed by atoms with Crippen molar-refractivity contribution < 1.29 is 9.31 Å². The first-order valence-corrected chi connectivity index (χ1v) is 7.85. The maximum absolute atomic E-state index is 14.1. The summed E-state index contributed by atoms with van der Waals surface area (Å²) in [6.45, 7) is 0.268. The molecule has 0 spiro atoms. The van der Waals surface area contributed by atoms with E-state index in [1.54, 1.807) is 35.6 Å². The van der Waals surface area contributed by atoms with Crippen LogP contribution in [-0.2, 0) is 6.54 Å². The maximum Gasteiger partial charge on any atom is 0.296 e. The number of rotatable bonds is 5. The van der Waals surface area contributed by atoms with Gasteiger partial charge in [0.15, 0.2) is 5.82 Å². The van der Waals surface area contributed by atoms with Gasteiger partial charge in [-0.05, 0) is 27.6 Å². The molecule has 3 aromatic rings. The Morgan fingerprint density at radius 1 is 1.44 bits per heavy atom. The number of benzene rings is 1. The van der Waals surface area contributed by atoms with E-state index in [9.17, 15) is 14.5 Å². The monoisotopic (exact) mass is 406 g/mol. The molecule has 0 saturated heterocycles. The van der Waals surface area contributed by atoms with Gasteiger partial charge in [0.05, 0.1) is 21.1 Å². The highest BCUT2D eigenvalue weighted by Crippen LogP contribution is 2.38. The lowest BCUT2D eigenvalue weighted by molar-refractivity contribution is -0.384. The summed E-state index contributed by atoms with van der Waals surface area (Å²) in [4.78, 5) is 18.4. The Labute approximate surface area is 149 Å². The zero-order valence-electron chi connectivity index (χ0n) is 12.7. The Morgan fingerprint density at radius 2 is 2.24 bits per heavy atom. The number of anilines is 2. The Bertz CT molecular complexity index is 915. The standard InChI is InChI=1S/C15H12BrFN6O2/c16-13-14(18)11(23(24)25)5-10(17)15(13)21-7-9-1-2-12(20-6-9)22-4-3-19-8-22/h1-6,8,21H,7,18H2. The number of nitrogen functional groups attached to an aromatic ring is 1. The second-order valence-electron chi connectivity index (χ2n) is 5.09. The fraction of sp³-hybridized carbons (Fsp3) is 0.0667. The van der Waals surface area contributed by atoms with Crippen molar-refractivity contribution in [3.8, 4) is 5.82 Å². The number of nitro groups is 1. The molecule has 25 heavy (non-hydrogen) atoms. The first kappa shape index (κ1) is 16.8. The zero-order valence-corrected chi connectivity index (χ0v) is 14.3. The molecule has 0 fully saturated rings. The van der Waals surface area contributed by atoms with Crippen molar-refractivity contribution in [1.29, 1.82) is 0 Å². The van der Waals surface area contributed by atoms with E-state index in [1.807, 2.05) is 6.07 Å². The Hall–Kier alpha value is -3.01. The molecule has 0 unspecified atom stereocenters. The highest BCUT2D eigenvalue weighted by Gasteiger charge is 2.21.